The Labute approximate surface area is 173 Å². The van der Waals surface area contributed by atoms with Gasteiger partial charge in [-0.25, -0.2) is 4.79 Å². The first-order chi connectivity index (χ1) is 14.4. The van der Waals surface area contributed by atoms with Gasteiger partial charge in [-0.15, -0.1) is 0 Å². The smallest absolute Gasteiger partial charge is 0.506 e. The molecule has 1 unspecified atom stereocenters. The summed E-state index contributed by atoms with van der Waals surface area (Å²) in [5, 5.41) is 13.8. The Morgan fingerprint density at radius 3 is 2.53 bits per heavy atom. The zero-order valence-electron chi connectivity index (χ0n) is 17.0. The molecule has 0 amide bonds. The standard InChI is InChI=1S/C22H24N2O6/c1-13(10-14-4-6-15(28-2)7-5-14)23-12-19(26)16-8-9-18(25)21-17(16)11-20(24-21)30-22(27)29-3/h4-9,11,13,23-25H,10,12H2,1-3H3. The summed E-state index contributed by atoms with van der Waals surface area (Å²) in [4.78, 5) is 26.9. The van der Waals surface area contributed by atoms with Gasteiger partial charge in [0, 0.05) is 23.1 Å². The Morgan fingerprint density at radius 1 is 1.13 bits per heavy atom. The van der Waals surface area contributed by atoms with Crippen molar-refractivity contribution >= 4 is 22.8 Å². The van der Waals surface area contributed by atoms with E-state index in [1.165, 1.54) is 19.2 Å². The topological polar surface area (TPSA) is 110 Å². The molecule has 0 spiro atoms. The normalized spacial score (nSPS) is 11.8. The number of hydrogen-bond donors (Lipinski definition) is 3. The Balaban J connectivity index is 1.68. The third-order valence-corrected chi connectivity index (χ3v) is 4.72. The number of aromatic nitrogens is 1. The minimum absolute atomic E-state index is 0.0536. The van der Waals surface area contributed by atoms with Crippen LogP contribution in [0.1, 0.15) is 22.8 Å². The molecular formula is C22H24N2O6. The number of benzene rings is 2. The second-order valence-electron chi connectivity index (χ2n) is 6.87. The number of nitrogens with one attached hydrogen (secondary N) is 2. The van der Waals surface area contributed by atoms with Crippen molar-refractivity contribution in [3.63, 3.8) is 0 Å². The van der Waals surface area contributed by atoms with Gasteiger partial charge >= 0.3 is 6.16 Å². The number of carbonyl (C=O) groups is 2. The number of methoxy groups -OCH3 is 2. The molecule has 0 saturated carbocycles. The van der Waals surface area contributed by atoms with Crippen molar-refractivity contribution in [2.24, 2.45) is 0 Å². The highest BCUT2D eigenvalue weighted by Crippen LogP contribution is 2.31. The molecule has 0 radical (unpaired) electrons. The van der Waals surface area contributed by atoms with Gasteiger partial charge in [0.15, 0.2) is 5.78 Å². The first-order valence-electron chi connectivity index (χ1n) is 9.41. The fourth-order valence-corrected chi connectivity index (χ4v) is 3.16. The summed E-state index contributed by atoms with van der Waals surface area (Å²) in [5.41, 5.74) is 1.85. The van der Waals surface area contributed by atoms with Crippen molar-refractivity contribution in [1.29, 1.82) is 0 Å². The van der Waals surface area contributed by atoms with E-state index in [4.69, 9.17) is 9.47 Å². The molecule has 8 heteroatoms. The first-order valence-corrected chi connectivity index (χ1v) is 9.41. The van der Waals surface area contributed by atoms with Crippen LogP contribution in [0.2, 0.25) is 0 Å². The summed E-state index contributed by atoms with van der Waals surface area (Å²) in [6.45, 7) is 2.12. The number of phenolic OH excluding ortho intramolecular Hbond substituents is 1. The number of Topliss-reactive ketones (excluding diaryl/α,β-unsaturated/α-hetero) is 1. The molecule has 0 aliphatic carbocycles. The number of aromatic amines is 1. The van der Waals surface area contributed by atoms with Crippen LogP contribution in [0.3, 0.4) is 0 Å². The molecule has 1 aromatic heterocycles. The van der Waals surface area contributed by atoms with Crippen LogP contribution in [0.5, 0.6) is 17.4 Å². The number of H-pyrrole nitrogens is 1. The van der Waals surface area contributed by atoms with Gasteiger partial charge in [-0.2, -0.15) is 0 Å². The molecule has 3 rings (SSSR count). The molecule has 158 valence electrons. The third kappa shape index (κ3) is 4.90. The van der Waals surface area contributed by atoms with E-state index in [-0.39, 0.29) is 30.0 Å². The number of carbonyl (C=O) groups excluding carboxylic acids is 2. The third-order valence-electron chi connectivity index (χ3n) is 4.72. The van der Waals surface area contributed by atoms with Crippen LogP contribution in [-0.2, 0) is 11.2 Å². The van der Waals surface area contributed by atoms with Crippen LogP contribution in [0.25, 0.3) is 10.9 Å². The SMILES string of the molecule is COC(=O)Oc1cc2c(C(=O)CNC(C)Cc3ccc(OC)cc3)ccc(O)c2[nH]1. The zero-order chi connectivity index (χ0) is 21.7. The van der Waals surface area contributed by atoms with Crippen molar-refractivity contribution in [3.8, 4) is 17.4 Å². The van der Waals surface area contributed by atoms with Gasteiger partial charge in [0.05, 0.1) is 26.3 Å². The maximum Gasteiger partial charge on any atom is 0.514 e. The molecule has 3 aromatic rings. The van der Waals surface area contributed by atoms with Gasteiger partial charge in [-0.1, -0.05) is 12.1 Å². The van der Waals surface area contributed by atoms with Gasteiger partial charge in [0.25, 0.3) is 0 Å². The molecule has 0 aliphatic heterocycles. The molecule has 1 heterocycles. The highest BCUT2D eigenvalue weighted by molar-refractivity contribution is 6.10. The van der Waals surface area contributed by atoms with Crippen LogP contribution in [0, 0.1) is 0 Å². The maximum absolute atomic E-state index is 12.8. The summed E-state index contributed by atoms with van der Waals surface area (Å²) in [5.74, 6) is 0.675. The van der Waals surface area contributed by atoms with Crippen LogP contribution < -0.4 is 14.8 Å². The first kappa shape index (κ1) is 21.2. The second-order valence-corrected chi connectivity index (χ2v) is 6.87. The van der Waals surface area contributed by atoms with E-state index < -0.39 is 6.16 Å². The summed E-state index contributed by atoms with van der Waals surface area (Å²) in [7, 11) is 2.82. The average molecular weight is 412 g/mol. The van der Waals surface area contributed by atoms with E-state index in [9.17, 15) is 14.7 Å². The monoisotopic (exact) mass is 412 g/mol. The minimum Gasteiger partial charge on any atom is -0.506 e. The number of hydrogen-bond acceptors (Lipinski definition) is 7. The van der Waals surface area contributed by atoms with E-state index in [0.717, 1.165) is 17.7 Å². The fourth-order valence-electron chi connectivity index (χ4n) is 3.16. The number of rotatable bonds is 8. The van der Waals surface area contributed by atoms with E-state index >= 15 is 0 Å². The summed E-state index contributed by atoms with van der Waals surface area (Å²) < 4.78 is 14.6. The lowest BCUT2D eigenvalue weighted by molar-refractivity contribution is 0.0989. The van der Waals surface area contributed by atoms with Crippen LogP contribution >= 0.6 is 0 Å². The molecule has 3 N–H and O–H groups in total. The van der Waals surface area contributed by atoms with E-state index in [0.29, 0.717) is 16.5 Å². The van der Waals surface area contributed by atoms with Gasteiger partial charge < -0.3 is 29.6 Å². The molecule has 0 fully saturated rings. The summed E-state index contributed by atoms with van der Waals surface area (Å²) in [6, 6.07) is 12.3. The van der Waals surface area contributed by atoms with Crippen molar-refractivity contribution in [3.05, 3.63) is 53.6 Å². The molecule has 0 saturated heterocycles. The fraction of sp³-hybridized carbons (Fsp3) is 0.273. The molecule has 0 aliphatic rings. The van der Waals surface area contributed by atoms with Crippen molar-refractivity contribution in [2.45, 2.75) is 19.4 Å². The highest BCUT2D eigenvalue weighted by atomic mass is 16.7. The molecule has 1 atom stereocenters. The quantitative estimate of drug-likeness (QED) is 0.384. The van der Waals surface area contributed by atoms with Crippen molar-refractivity contribution in [1.82, 2.24) is 10.3 Å². The Morgan fingerprint density at radius 2 is 1.87 bits per heavy atom. The highest BCUT2D eigenvalue weighted by Gasteiger charge is 2.17. The zero-order valence-corrected chi connectivity index (χ0v) is 17.0. The lowest BCUT2D eigenvalue weighted by Crippen LogP contribution is -2.33. The Kier molecular flexibility index (Phi) is 6.58. The number of fused-ring (bicyclic) bond motifs is 1. The van der Waals surface area contributed by atoms with Gasteiger partial charge in [0.1, 0.15) is 11.5 Å². The Bertz CT molecular complexity index is 1040. The minimum atomic E-state index is -0.900. The van der Waals surface area contributed by atoms with Gasteiger partial charge in [-0.3, -0.25) is 4.79 Å². The number of ether oxygens (including phenoxy) is 3. The number of ketones is 1. The number of phenols is 1. The lowest BCUT2D eigenvalue weighted by atomic mass is 10.0. The van der Waals surface area contributed by atoms with Gasteiger partial charge in [-0.05, 0) is 43.2 Å². The van der Waals surface area contributed by atoms with Crippen molar-refractivity contribution < 1.29 is 28.9 Å². The molecule has 30 heavy (non-hydrogen) atoms. The van der Waals surface area contributed by atoms with Crippen LogP contribution in [0.15, 0.2) is 42.5 Å². The molecule has 8 nitrogen and oxygen atoms in total. The van der Waals surface area contributed by atoms with E-state index in [1.807, 2.05) is 31.2 Å². The van der Waals surface area contributed by atoms with Crippen molar-refractivity contribution in [2.75, 3.05) is 20.8 Å². The second kappa shape index (κ2) is 9.32. The van der Waals surface area contributed by atoms with Crippen LogP contribution in [-0.4, -0.2) is 48.8 Å². The lowest BCUT2D eigenvalue weighted by Gasteiger charge is -2.14. The predicted molar refractivity (Wildman–Crippen MR) is 111 cm³/mol. The van der Waals surface area contributed by atoms with Crippen LogP contribution in [0.4, 0.5) is 4.79 Å². The molecule has 0 bridgehead atoms. The van der Waals surface area contributed by atoms with Gasteiger partial charge in [0.2, 0.25) is 5.88 Å². The van der Waals surface area contributed by atoms with E-state index in [2.05, 4.69) is 15.0 Å². The average Bonchev–Trinajstić information content (AvgIpc) is 3.17. The summed E-state index contributed by atoms with van der Waals surface area (Å²) >= 11 is 0. The largest absolute Gasteiger partial charge is 0.514 e. The summed E-state index contributed by atoms with van der Waals surface area (Å²) in [6.07, 6.45) is -0.147. The molecule has 2 aromatic carbocycles. The predicted octanol–water partition coefficient (Wildman–Crippen LogP) is 3.43. The van der Waals surface area contributed by atoms with E-state index in [1.54, 1.807) is 13.2 Å². The maximum atomic E-state index is 12.8. The Hall–Kier alpha value is -3.52. The molecular weight excluding hydrogens is 388 g/mol. The number of aromatic hydroxyl groups is 1.